The molecule has 5 rings (SSSR count). The molecular weight excluding hydrogens is 406 g/mol. The van der Waals surface area contributed by atoms with Gasteiger partial charge in [0.15, 0.2) is 5.60 Å². The Hall–Kier alpha value is -3.12. The Morgan fingerprint density at radius 2 is 1.84 bits per heavy atom. The van der Waals surface area contributed by atoms with Crippen LogP contribution in [0.4, 0.5) is 0 Å². The summed E-state index contributed by atoms with van der Waals surface area (Å²) in [5, 5.41) is 22.2. The molecule has 0 spiro atoms. The number of aliphatic carboxylic acids is 1. The van der Waals surface area contributed by atoms with Crippen molar-refractivity contribution < 1.29 is 24.5 Å². The van der Waals surface area contributed by atoms with Crippen molar-refractivity contribution >= 4 is 22.8 Å². The lowest BCUT2D eigenvalue weighted by atomic mass is 9.81. The van der Waals surface area contributed by atoms with Crippen LogP contribution < -0.4 is 0 Å². The van der Waals surface area contributed by atoms with Crippen LogP contribution >= 0.6 is 0 Å². The molecule has 2 heterocycles. The number of aliphatic hydroxyl groups is 1. The molecule has 0 bridgehead atoms. The minimum absolute atomic E-state index is 0.0302. The maximum atomic E-state index is 12.3. The fourth-order valence-corrected chi connectivity index (χ4v) is 5.56. The standard InChI is InChI=1S/C26H27NO5/c1-32-24(28)17-11-12-20-21(13-17)27-15-26(31,25(29)30)14-18-9-5-6-10-19(18)23(27)22(20)16-7-3-2-4-8-16/h5-6,9-13,16,31H,2-4,7-8,14-15H2,1H3,(H,29,30). The van der Waals surface area contributed by atoms with E-state index in [1.807, 2.05) is 34.9 Å². The predicted molar refractivity (Wildman–Crippen MR) is 121 cm³/mol. The van der Waals surface area contributed by atoms with Gasteiger partial charge in [-0.1, -0.05) is 49.6 Å². The van der Waals surface area contributed by atoms with Crippen molar-refractivity contribution in [2.75, 3.05) is 7.11 Å². The molecular formula is C26H27NO5. The van der Waals surface area contributed by atoms with Crippen LogP contribution in [0.5, 0.6) is 0 Å². The second kappa shape index (κ2) is 7.78. The number of carboxylic acids is 1. The zero-order valence-electron chi connectivity index (χ0n) is 18.1. The van der Waals surface area contributed by atoms with E-state index in [0.717, 1.165) is 53.4 Å². The summed E-state index contributed by atoms with van der Waals surface area (Å²) in [7, 11) is 1.35. The van der Waals surface area contributed by atoms with Gasteiger partial charge in [0.1, 0.15) is 0 Å². The van der Waals surface area contributed by atoms with Crippen molar-refractivity contribution in [1.29, 1.82) is 0 Å². The lowest BCUT2D eigenvalue weighted by Crippen LogP contribution is -2.44. The third-order valence-corrected chi connectivity index (χ3v) is 7.11. The number of carboxylic acid groups (broad SMARTS) is 1. The molecule has 32 heavy (non-hydrogen) atoms. The van der Waals surface area contributed by atoms with Gasteiger partial charge in [0.2, 0.25) is 0 Å². The highest BCUT2D eigenvalue weighted by Gasteiger charge is 2.42. The molecule has 0 saturated heterocycles. The molecule has 1 unspecified atom stereocenters. The van der Waals surface area contributed by atoms with E-state index in [1.54, 1.807) is 12.1 Å². The minimum atomic E-state index is -1.95. The summed E-state index contributed by atoms with van der Waals surface area (Å²) in [5.41, 5.74) is 3.19. The number of carbonyl (C=O) groups excluding carboxylic acids is 1. The molecule has 6 nitrogen and oxygen atoms in total. The zero-order valence-corrected chi connectivity index (χ0v) is 18.1. The summed E-state index contributed by atoms with van der Waals surface area (Å²) >= 11 is 0. The van der Waals surface area contributed by atoms with E-state index in [0.29, 0.717) is 11.5 Å². The average molecular weight is 434 g/mol. The molecule has 1 fully saturated rings. The number of hydrogen-bond donors (Lipinski definition) is 2. The summed E-state index contributed by atoms with van der Waals surface area (Å²) in [6.07, 6.45) is 5.75. The van der Waals surface area contributed by atoms with Gasteiger partial charge >= 0.3 is 11.9 Å². The third-order valence-electron chi connectivity index (χ3n) is 7.11. The Bertz CT molecular complexity index is 1220. The van der Waals surface area contributed by atoms with Gasteiger partial charge in [-0.25, -0.2) is 9.59 Å². The summed E-state index contributed by atoms with van der Waals surface area (Å²) < 4.78 is 6.84. The smallest absolute Gasteiger partial charge is 0.337 e. The third kappa shape index (κ3) is 3.21. The van der Waals surface area contributed by atoms with Crippen LogP contribution in [-0.2, 0) is 22.5 Å². The van der Waals surface area contributed by atoms with Crippen LogP contribution in [0.2, 0.25) is 0 Å². The SMILES string of the molecule is COC(=O)c1ccc2c(C3CCCCC3)c3n(c2c1)CC(O)(C(=O)O)Cc1ccccc1-3. The number of hydrogen-bond acceptors (Lipinski definition) is 4. The number of rotatable bonds is 3. The minimum Gasteiger partial charge on any atom is -0.479 e. The van der Waals surface area contributed by atoms with E-state index in [1.165, 1.54) is 19.1 Å². The van der Waals surface area contributed by atoms with Crippen LogP contribution in [0.15, 0.2) is 42.5 Å². The first-order chi connectivity index (χ1) is 15.4. The quantitative estimate of drug-likeness (QED) is 0.593. The highest BCUT2D eigenvalue weighted by atomic mass is 16.5. The summed E-state index contributed by atoms with van der Waals surface area (Å²) in [4.78, 5) is 24.4. The van der Waals surface area contributed by atoms with Crippen LogP contribution in [0.1, 0.15) is 59.5 Å². The van der Waals surface area contributed by atoms with Gasteiger partial charge in [-0.15, -0.1) is 0 Å². The monoisotopic (exact) mass is 433 g/mol. The number of fused-ring (bicyclic) bond motifs is 5. The average Bonchev–Trinajstić information content (AvgIpc) is 3.04. The maximum absolute atomic E-state index is 12.3. The summed E-state index contributed by atoms with van der Waals surface area (Å²) in [6.45, 7) is -0.0831. The van der Waals surface area contributed by atoms with Crippen molar-refractivity contribution in [2.24, 2.45) is 0 Å². The number of carbonyl (C=O) groups is 2. The van der Waals surface area contributed by atoms with E-state index in [9.17, 15) is 19.8 Å². The van der Waals surface area contributed by atoms with Crippen LogP contribution in [0.3, 0.4) is 0 Å². The number of ether oxygens (including phenoxy) is 1. The predicted octanol–water partition coefficient (Wildman–Crippen LogP) is 4.51. The van der Waals surface area contributed by atoms with Crippen molar-refractivity contribution in [3.05, 3.63) is 59.2 Å². The molecule has 2 aromatic carbocycles. The Morgan fingerprint density at radius 3 is 2.56 bits per heavy atom. The molecule has 1 aliphatic carbocycles. The lowest BCUT2D eigenvalue weighted by molar-refractivity contribution is -0.159. The number of aromatic nitrogens is 1. The van der Waals surface area contributed by atoms with E-state index in [4.69, 9.17) is 4.74 Å². The highest BCUT2D eigenvalue weighted by Crippen LogP contribution is 2.47. The van der Waals surface area contributed by atoms with Gasteiger partial charge < -0.3 is 19.5 Å². The Morgan fingerprint density at radius 1 is 1.09 bits per heavy atom. The zero-order chi connectivity index (χ0) is 22.5. The van der Waals surface area contributed by atoms with Gasteiger partial charge in [-0.05, 0) is 42.0 Å². The van der Waals surface area contributed by atoms with Crippen LogP contribution in [-0.4, -0.2) is 39.4 Å². The highest BCUT2D eigenvalue weighted by molar-refractivity contribution is 5.99. The van der Waals surface area contributed by atoms with Crippen molar-refractivity contribution in [1.82, 2.24) is 4.57 Å². The van der Waals surface area contributed by atoms with Gasteiger partial charge in [0.05, 0.1) is 24.9 Å². The van der Waals surface area contributed by atoms with Crippen molar-refractivity contribution in [2.45, 2.75) is 56.6 Å². The second-order valence-corrected chi connectivity index (χ2v) is 9.08. The maximum Gasteiger partial charge on any atom is 0.337 e. The number of nitrogens with zero attached hydrogens (tertiary/aromatic N) is 1. The molecule has 0 radical (unpaired) electrons. The molecule has 1 saturated carbocycles. The Labute approximate surface area is 186 Å². The van der Waals surface area contributed by atoms with Gasteiger partial charge in [0, 0.05) is 22.9 Å². The molecule has 6 heteroatoms. The van der Waals surface area contributed by atoms with Gasteiger partial charge in [-0.3, -0.25) is 0 Å². The number of methoxy groups -OCH3 is 1. The van der Waals surface area contributed by atoms with E-state index >= 15 is 0 Å². The fourth-order valence-electron chi connectivity index (χ4n) is 5.56. The molecule has 1 atom stereocenters. The van der Waals surface area contributed by atoms with Crippen molar-refractivity contribution in [3.63, 3.8) is 0 Å². The molecule has 3 aromatic rings. The molecule has 1 aromatic heterocycles. The molecule has 2 aliphatic rings. The van der Waals surface area contributed by atoms with Crippen molar-refractivity contribution in [3.8, 4) is 11.3 Å². The van der Waals surface area contributed by atoms with E-state index in [2.05, 4.69) is 0 Å². The molecule has 0 amide bonds. The largest absolute Gasteiger partial charge is 0.479 e. The first-order valence-corrected chi connectivity index (χ1v) is 11.2. The fraction of sp³-hybridized carbons (Fsp3) is 0.385. The molecule has 166 valence electrons. The number of benzene rings is 2. The summed E-state index contributed by atoms with van der Waals surface area (Å²) in [6, 6.07) is 13.3. The second-order valence-electron chi connectivity index (χ2n) is 9.08. The first kappa shape index (κ1) is 20.8. The molecule has 1 aliphatic heterocycles. The van der Waals surface area contributed by atoms with Gasteiger partial charge in [-0.2, -0.15) is 0 Å². The Kier molecular flexibility index (Phi) is 5.05. The van der Waals surface area contributed by atoms with E-state index in [-0.39, 0.29) is 13.0 Å². The molecule has 2 N–H and O–H groups in total. The number of esters is 1. The van der Waals surface area contributed by atoms with E-state index < -0.39 is 17.5 Å². The topological polar surface area (TPSA) is 88.8 Å². The lowest BCUT2D eigenvalue weighted by Gasteiger charge is -2.24. The van der Waals surface area contributed by atoms with Crippen LogP contribution in [0, 0.1) is 0 Å². The normalized spacial score (nSPS) is 20.9. The first-order valence-electron chi connectivity index (χ1n) is 11.2. The summed E-state index contributed by atoms with van der Waals surface area (Å²) in [5.74, 6) is -1.33. The Balaban J connectivity index is 1.86. The van der Waals surface area contributed by atoms with Crippen LogP contribution in [0.25, 0.3) is 22.2 Å². The van der Waals surface area contributed by atoms with Gasteiger partial charge in [0.25, 0.3) is 0 Å².